The van der Waals surface area contributed by atoms with E-state index in [2.05, 4.69) is 25.9 Å². The van der Waals surface area contributed by atoms with Crippen LogP contribution in [0.15, 0.2) is 90.1 Å². The number of piperidine rings is 1. The first-order chi connectivity index (χ1) is 20.6. The topological polar surface area (TPSA) is 113 Å². The van der Waals surface area contributed by atoms with E-state index < -0.39 is 27.5 Å². The number of nitrogens with one attached hydrogen (secondary N) is 3. The summed E-state index contributed by atoms with van der Waals surface area (Å²) in [5.41, 5.74) is 1.53. The molecule has 1 fully saturated rings. The number of hydrogen-bond acceptors (Lipinski definition) is 7. The summed E-state index contributed by atoms with van der Waals surface area (Å²) in [4.78, 5) is 21.4. The average molecular weight is 608 g/mol. The van der Waals surface area contributed by atoms with Crippen LogP contribution in [0.4, 0.5) is 30.5 Å². The van der Waals surface area contributed by atoms with E-state index >= 15 is 0 Å². The summed E-state index contributed by atoms with van der Waals surface area (Å²) in [7, 11) is -3.38. The van der Waals surface area contributed by atoms with Gasteiger partial charge in [0.05, 0.1) is 15.7 Å². The molecule has 0 atom stereocenters. The van der Waals surface area contributed by atoms with Gasteiger partial charge in [-0.15, -0.1) is 0 Å². The number of benzene rings is 3. The third kappa shape index (κ3) is 7.65. The van der Waals surface area contributed by atoms with Crippen LogP contribution in [-0.2, 0) is 16.0 Å². The lowest BCUT2D eigenvalue weighted by atomic mass is 10.1. The summed E-state index contributed by atoms with van der Waals surface area (Å²) < 4.78 is 64.7. The maximum Gasteiger partial charge on any atom is 0.416 e. The van der Waals surface area contributed by atoms with Gasteiger partial charge in [-0.25, -0.2) is 18.4 Å². The quantitative estimate of drug-likeness (QED) is 0.219. The van der Waals surface area contributed by atoms with Crippen LogP contribution in [0.5, 0.6) is 0 Å². The van der Waals surface area contributed by atoms with Gasteiger partial charge in [0.1, 0.15) is 0 Å². The molecule has 4 aromatic rings. The van der Waals surface area contributed by atoms with Gasteiger partial charge in [0, 0.05) is 34.9 Å². The molecule has 3 aromatic carbocycles. The van der Waals surface area contributed by atoms with Crippen LogP contribution in [-0.4, -0.2) is 42.6 Å². The van der Waals surface area contributed by atoms with Gasteiger partial charge in [-0.1, -0.05) is 30.4 Å². The summed E-state index contributed by atoms with van der Waals surface area (Å²) in [5, 5.41) is 8.49. The molecule has 0 aliphatic carbocycles. The fourth-order valence-electron chi connectivity index (χ4n) is 4.60. The van der Waals surface area contributed by atoms with Gasteiger partial charge in [0.15, 0.2) is 9.84 Å². The number of aromatic nitrogens is 2. The second-order valence-corrected chi connectivity index (χ2v) is 12.2. The minimum Gasteiger partial charge on any atom is -0.324 e. The van der Waals surface area contributed by atoms with Gasteiger partial charge in [-0.05, 0) is 86.1 Å². The predicted octanol–water partition coefficient (Wildman–Crippen LogP) is 6.19. The molecular formula is C31H28F3N5O3S. The highest BCUT2D eigenvalue weighted by molar-refractivity contribution is 7.92. The normalized spacial score (nSPS) is 14.5. The lowest BCUT2D eigenvalue weighted by Crippen LogP contribution is -2.35. The zero-order valence-electron chi connectivity index (χ0n) is 22.8. The lowest BCUT2D eigenvalue weighted by molar-refractivity contribution is -0.137. The Balaban J connectivity index is 1.19. The molecule has 1 aromatic heterocycles. The Labute approximate surface area is 247 Å². The number of amides is 1. The van der Waals surface area contributed by atoms with Gasteiger partial charge >= 0.3 is 6.18 Å². The average Bonchev–Trinajstić information content (AvgIpc) is 3.01. The molecule has 222 valence electrons. The van der Waals surface area contributed by atoms with E-state index in [1.165, 1.54) is 12.1 Å². The highest BCUT2D eigenvalue weighted by Gasteiger charge is 2.31. The van der Waals surface area contributed by atoms with Crippen molar-refractivity contribution in [1.82, 2.24) is 15.3 Å². The van der Waals surface area contributed by atoms with Crippen molar-refractivity contribution in [3.63, 3.8) is 0 Å². The second-order valence-electron chi connectivity index (χ2n) is 9.98. The monoisotopic (exact) mass is 607 g/mol. The van der Waals surface area contributed by atoms with Crippen LogP contribution in [0.2, 0.25) is 0 Å². The third-order valence-corrected chi connectivity index (χ3v) is 9.18. The molecule has 3 N–H and O–H groups in total. The van der Waals surface area contributed by atoms with Gasteiger partial charge in [0.2, 0.25) is 5.95 Å². The molecule has 1 amide bonds. The molecular weight excluding hydrogens is 579 g/mol. The van der Waals surface area contributed by atoms with Crippen LogP contribution in [0.1, 0.15) is 39.9 Å². The number of anilines is 3. The maximum absolute atomic E-state index is 13.0. The van der Waals surface area contributed by atoms with Crippen molar-refractivity contribution in [2.75, 3.05) is 23.7 Å². The third-order valence-electron chi connectivity index (χ3n) is 6.90. The Morgan fingerprint density at radius 2 is 1.53 bits per heavy atom. The molecule has 43 heavy (non-hydrogen) atoms. The maximum atomic E-state index is 13.0. The second kappa shape index (κ2) is 12.8. The van der Waals surface area contributed by atoms with Crippen molar-refractivity contribution in [2.24, 2.45) is 0 Å². The molecule has 2 heterocycles. The molecule has 1 aliphatic rings. The molecule has 1 aliphatic heterocycles. The highest BCUT2D eigenvalue weighted by atomic mass is 32.2. The molecule has 0 spiro atoms. The first-order valence-corrected chi connectivity index (χ1v) is 15.0. The molecule has 0 saturated carbocycles. The van der Waals surface area contributed by atoms with Crippen LogP contribution < -0.4 is 16.0 Å². The van der Waals surface area contributed by atoms with E-state index in [1.54, 1.807) is 67.0 Å². The van der Waals surface area contributed by atoms with Crippen molar-refractivity contribution in [3.8, 4) is 0 Å². The Kier molecular flexibility index (Phi) is 8.88. The van der Waals surface area contributed by atoms with E-state index in [-0.39, 0.29) is 10.8 Å². The molecule has 5 rings (SSSR count). The van der Waals surface area contributed by atoms with Crippen LogP contribution >= 0.6 is 0 Å². The van der Waals surface area contributed by atoms with E-state index in [4.69, 9.17) is 0 Å². The Morgan fingerprint density at radius 3 is 2.23 bits per heavy atom. The Bertz CT molecular complexity index is 1720. The minimum atomic E-state index is -4.54. The number of alkyl halides is 3. The SMILES string of the molecule is O=C(Nc1cccc(C=Cc2cnc(Nc3ccc(S(=O)(=O)C4CCNCC4)cc3)nc2)c1)c1cccc(C(F)(F)F)c1. The number of carbonyl (C=O) groups is 1. The minimum absolute atomic E-state index is 0.0974. The number of carbonyl (C=O) groups excluding carboxylic acids is 1. The fraction of sp³-hybridized carbons (Fsp3) is 0.194. The number of halogens is 3. The molecule has 1 saturated heterocycles. The van der Waals surface area contributed by atoms with Crippen LogP contribution in [0.25, 0.3) is 12.2 Å². The number of rotatable bonds is 8. The summed E-state index contributed by atoms with van der Waals surface area (Å²) in [5.74, 6) is -0.313. The van der Waals surface area contributed by atoms with Crippen molar-refractivity contribution in [3.05, 3.63) is 107 Å². The summed E-state index contributed by atoms with van der Waals surface area (Å²) in [6, 6.07) is 17.6. The van der Waals surface area contributed by atoms with Crippen LogP contribution in [0, 0.1) is 0 Å². The van der Waals surface area contributed by atoms with E-state index in [0.717, 1.165) is 17.7 Å². The van der Waals surface area contributed by atoms with E-state index in [1.807, 2.05) is 6.07 Å². The standard InChI is InChI=1S/C31H28F3N5O3S/c32-31(33,34)24-5-2-4-23(18-24)29(40)38-26-6-1-3-21(17-26)7-8-22-19-36-30(37-20-22)39-25-9-11-27(12-10-25)43(41,42)28-13-15-35-16-14-28/h1-12,17-20,28,35H,13-16H2,(H,38,40)(H,36,37,39). The first-order valence-electron chi connectivity index (χ1n) is 13.5. The van der Waals surface area contributed by atoms with Crippen LogP contribution in [0.3, 0.4) is 0 Å². The summed E-state index contributed by atoms with van der Waals surface area (Å²) >= 11 is 0. The largest absolute Gasteiger partial charge is 0.416 e. The Morgan fingerprint density at radius 1 is 0.860 bits per heavy atom. The Hall–Kier alpha value is -4.55. The van der Waals surface area contributed by atoms with Gasteiger partial charge in [-0.3, -0.25) is 4.79 Å². The summed E-state index contributed by atoms with van der Waals surface area (Å²) in [6.07, 6.45) is 3.44. The highest BCUT2D eigenvalue weighted by Crippen LogP contribution is 2.30. The van der Waals surface area contributed by atoms with Crippen molar-refractivity contribution in [1.29, 1.82) is 0 Å². The molecule has 0 radical (unpaired) electrons. The van der Waals surface area contributed by atoms with Crippen molar-refractivity contribution in [2.45, 2.75) is 29.2 Å². The van der Waals surface area contributed by atoms with Crippen molar-refractivity contribution >= 4 is 45.2 Å². The molecule has 8 nitrogen and oxygen atoms in total. The molecule has 0 bridgehead atoms. The predicted molar refractivity (Wildman–Crippen MR) is 160 cm³/mol. The van der Waals surface area contributed by atoms with Crippen molar-refractivity contribution < 1.29 is 26.4 Å². The van der Waals surface area contributed by atoms with Gasteiger partial charge in [-0.2, -0.15) is 13.2 Å². The van der Waals surface area contributed by atoms with Gasteiger partial charge in [0.25, 0.3) is 5.91 Å². The first kappa shape index (κ1) is 29.9. The fourth-order valence-corrected chi connectivity index (χ4v) is 6.35. The van der Waals surface area contributed by atoms with Gasteiger partial charge < -0.3 is 16.0 Å². The molecule has 12 heteroatoms. The zero-order chi connectivity index (χ0) is 30.5. The molecule has 0 unspecified atom stereocenters. The van der Waals surface area contributed by atoms with E-state index in [9.17, 15) is 26.4 Å². The lowest BCUT2D eigenvalue weighted by Gasteiger charge is -2.22. The smallest absolute Gasteiger partial charge is 0.324 e. The number of hydrogen-bond donors (Lipinski definition) is 3. The zero-order valence-corrected chi connectivity index (χ0v) is 23.6. The number of sulfone groups is 1. The summed E-state index contributed by atoms with van der Waals surface area (Å²) in [6.45, 7) is 1.39. The van der Waals surface area contributed by atoms with E-state index in [0.29, 0.717) is 53.7 Å². The number of nitrogens with zero attached hydrogens (tertiary/aromatic N) is 2.